The van der Waals surface area contributed by atoms with E-state index in [1.807, 2.05) is 29.3 Å². The maximum absolute atomic E-state index is 13.5. The summed E-state index contributed by atoms with van der Waals surface area (Å²) < 4.78 is 5.73. The van der Waals surface area contributed by atoms with E-state index in [0.717, 1.165) is 30.4 Å². The quantitative estimate of drug-likeness (QED) is 0.454. The summed E-state index contributed by atoms with van der Waals surface area (Å²) in [6.45, 7) is 3.15. The van der Waals surface area contributed by atoms with Crippen LogP contribution in [0.25, 0.3) is 10.9 Å². The molecular weight excluding hydrogens is 426 g/mol. The highest BCUT2D eigenvalue weighted by atomic mass is 16.5. The van der Waals surface area contributed by atoms with E-state index in [4.69, 9.17) is 4.74 Å². The minimum atomic E-state index is 0.00998. The number of para-hydroxylation sites is 1. The molecule has 0 aliphatic carbocycles. The zero-order chi connectivity index (χ0) is 23.3. The highest BCUT2D eigenvalue weighted by Crippen LogP contribution is 2.23. The highest BCUT2D eigenvalue weighted by molar-refractivity contribution is 5.94. The lowest BCUT2D eigenvalue weighted by Crippen LogP contribution is -2.36. The van der Waals surface area contributed by atoms with Crippen molar-refractivity contribution in [2.45, 2.75) is 6.42 Å². The van der Waals surface area contributed by atoms with E-state index in [-0.39, 0.29) is 11.9 Å². The Morgan fingerprint density at radius 2 is 1.74 bits per heavy atom. The van der Waals surface area contributed by atoms with Crippen molar-refractivity contribution < 1.29 is 9.53 Å². The van der Waals surface area contributed by atoms with Crippen LogP contribution >= 0.6 is 0 Å². The Morgan fingerprint density at radius 3 is 2.62 bits per heavy atom. The van der Waals surface area contributed by atoms with E-state index in [2.05, 4.69) is 51.2 Å². The second-order valence-electron chi connectivity index (χ2n) is 8.74. The number of rotatable bonds is 5. The predicted molar refractivity (Wildman–Crippen MR) is 131 cm³/mol. The molecule has 0 radical (unpaired) electrons. The summed E-state index contributed by atoms with van der Waals surface area (Å²) >= 11 is 0. The fourth-order valence-corrected chi connectivity index (χ4v) is 4.56. The summed E-state index contributed by atoms with van der Waals surface area (Å²) in [7, 11) is 2.12. The highest BCUT2D eigenvalue weighted by Gasteiger charge is 2.26. The van der Waals surface area contributed by atoms with Crippen molar-refractivity contribution in [2.75, 3.05) is 33.2 Å². The van der Waals surface area contributed by atoms with E-state index in [0.29, 0.717) is 30.3 Å². The van der Waals surface area contributed by atoms with Crippen molar-refractivity contribution in [3.05, 3.63) is 90.4 Å². The molecule has 1 atom stereocenters. The van der Waals surface area contributed by atoms with Gasteiger partial charge in [-0.25, -0.2) is 9.97 Å². The van der Waals surface area contributed by atoms with Gasteiger partial charge in [-0.15, -0.1) is 0 Å². The lowest BCUT2D eigenvalue weighted by Gasteiger charge is -2.25. The smallest absolute Gasteiger partial charge is 0.321 e. The van der Waals surface area contributed by atoms with Crippen molar-refractivity contribution in [3.8, 4) is 11.8 Å². The molecule has 1 fully saturated rings. The number of benzene rings is 2. The van der Waals surface area contributed by atoms with Crippen LogP contribution in [-0.2, 0) is 6.42 Å². The standard InChI is InChI=1S/C27H27N5O2/c1-31-14-15-32(19-20(18-31)16-22-7-2-6-21-9-4-11-28-25(21)22)26(33)23-8-3-10-24(17-23)34-27-29-12-5-13-30-27/h2-13,17,20H,14-16,18-19H2,1H3/t20-/m0/s1. The summed E-state index contributed by atoms with van der Waals surface area (Å²) in [6.07, 6.45) is 5.96. The van der Waals surface area contributed by atoms with Crippen LogP contribution in [0.3, 0.4) is 0 Å². The molecule has 3 heterocycles. The second kappa shape index (κ2) is 9.97. The van der Waals surface area contributed by atoms with Gasteiger partial charge in [0.1, 0.15) is 5.75 Å². The zero-order valence-corrected chi connectivity index (χ0v) is 19.2. The van der Waals surface area contributed by atoms with Crippen molar-refractivity contribution in [3.63, 3.8) is 0 Å². The van der Waals surface area contributed by atoms with Crippen LogP contribution in [0.2, 0.25) is 0 Å². The van der Waals surface area contributed by atoms with Crippen molar-refractivity contribution in [1.29, 1.82) is 0 Å². The van der Waals surface area contributed by atoms with Gasteiger partial charge in [-0.1, -0.05) is 30.3 Å². The maximum atomic E-state index is 13.5. The molecule has 1 saturated heterocycles. The third kappa shape index (κ3) is 5.05. The first-order chi connectivity index (χ1) is 16.7. The Bertz CT molecular complexity index is 1280. The summed E-state index contributed by atoms with van der Waals surface area (Å²) in [4.78, 5) is 30.6. The lowest BCUT2D eigenvalue weighted by atomic mass is 9.96. The number of likely N-dealkylation sites (N-methyl/N-ethyl adjacent to an activating group) is 1. The van der Waals surface area contributed by atoms with Gasteiger partial charge in [-0.3, -0.25) is 9.78 Å². The van der Waals surface area contributed by atoms with Crippen LogP contribution in [0.1, 0.15) is 15.9 Å². The van der Waals surface area contributed by atoms with Gasteiger partial charge in [0.15, 0.2) is 0 Å². The minimum Gasteiger partial charge on any atom is -0.424 e. The first-order valence-electron chi connectivity index (χ1n) is 11.5. The number of carbonyl (C=O) groups excluding carboxylic acids is 1. The normalized spacial score (nSPS) is 16.9. The number of hydrogen-bond acceptors (Lipinski definition) is 6. The average molecular weight is 454 g/mol. The summed E-state index contributed by atoms with van der Waals surface area (Å²) in [5, 5.41) is 1.15. The monoisotopic (exact) mass is 453 g/mol. The van der Waals surface area contributed by atoms with Crippen LogP contribution in [0.5, 0.6) is 11.8 Å². The molecule has 7 heteroatoms. The van der Waals surface area contributed by atoms with Crippen LogP contribution < -0.4 is 4.74 Å². The zero-order valence-electron chi connectivity index (χ0n) is 19.2. The molecule has 7 nitrogen and oxygen atoms in total. The SMILES string of the molecule is CN1CCN(C(=O)c2cccc(Oc3ncccn3)c2)C[C@@H](Cc2cccc3cccnc23)C1. The lowest BCUT2D eigenvalue weighted by molar-refractivity contribution is 0.0746. The largest absolute Gasteiger partial charge is 0.424 e. The van der Waals surface area contributed by atoms with E-state index in [9.17, 15) is 4.79 Å². The molecule has 172 valence electrons. The summed E-state index contributed by atoms with van der Waals surface area (Å²) in [6, 6.07) is 19.6. The number of fused-ring (bicyclic) bond motifs is 1. The maximum Gasteiger partial charge on any atom is 0.321 e. The summed E-state index contributed by atoms with van der Waals surface area (Å²) in [5.74, 6) is 0.861. The Kier molecular flexibility index (Phi) is 6.44. The Balaban J connectivity index is 1.34. The first kappa shape index (κ1) is 22.0. The number of amides is 1. The van der Waals surface area contributed by atoms with Crippen LogP contribution in [0.4, 0.5) is 0 Å². The molecule has 0 saturated carbocycles. The molecule has 2 aromatic heterocycles. The van der Waals surface area contributed by atoms with Gasteiger partial charge in [0, 0.05) is 55.7 Å². The molecule has 0 spiro atoms. The minimum absolute atomic E-state index is 0.00998. The second-order valence-corrected chi connectivity index (χ2v) is 8.74. The molecule has 0 N–H and O–H groups in total. The van der Waals surface area contributed by atoms with Gasteiger partial charge in [-0.2, -0.15) is 0 Å². The van der Waals surface area contributed by atoms with Gasteiger partial charge in [-0.05, 0) is 55.3 Å². The van der Waals surface area contributed by atoms with Crippen LogP contribution in [-0.4, -0.2) is 63.9 Å². The third-order valence-electron chi connectivity index (χ3n) is 6.14. The van der Waals surface area contributed by atoms with Gasteiger partial charge >= 0.3 is 6.01 Å². The number of hydrogen-bond donors (Lipinski definition) is 0. The number of ether oxygens (including phenoxy) is 1. The van der Waals surface area contributed by atoms with Gasteiger partial charge < -0.3 is 14.5 Å². The molecule has 2 aromatic carbocycles. The molecule has 1 aliphatic heterocycles. The van der Waals surface area contributed by atoms with Gasteiger partial charge in [0.05, 0.1) is 5.52 Å². The number of pyridine rings is 1. The average Bonchev–Trinajstić information content (AvgIpc) is 3.05. The van der Waals surface area contributed by atoms with E-state index < -0.39 is 0 Å². The molecule has 5 rings (SSSR count). The van der Waals surface area contributed by atoms with E-state index in [1.54, 1.807) is 30.6 Å². The van der Waals surface area contributed by atoms with Gasteiger partial charge in [0.25, 0.3) is 5.91 Å². The van der Waals surface area contributed by atoms with Crippen LogP contribution in [0.15, 0.2) is 79.3 Å². The molecule has 34 heavy (non-hydrogen) atoms. The fourth-order valence-electron chi connectivity index (χ4n) is 4.56. The van der Waals surface area contributed by atoms with Gasteiger partial charge in [0.2, 0.25) is 0 Å². The molecule has 4 aromatic rings. The topological polar surface area (TPSA) is 71.5 Å². The van der Waals surface area contributed by atoms with Crippen LogP contribution in [0, 0.1) is 5.92 Å². The molecule has 0 bridgehead atoms. The molecule has 1 amide bonds. The first-order valence-corrected chi connectivity index (χ1v) is 11.5. The third-order valence-corrected chi connectivity index (χ3v) is 6.14. The van der Waals surface area contributed by atoms with E-state index >= 15 is 0 Å². The van der Waals surface area contributed by atoms with Crippen molar-refractivity contribution >= 4 is 16.8 Å². The van der Waals surface area contributed by atoms with Crippen molar-refractivity contribution in [1.82, 2.24) is 24.8 Å². The number of nitrogens with zero attached hydrogens (tertiary/aromatic N) is 5. The summed E-state index contributed by atoms with van der Waals surface area (Å²) in [5.41, 5.74) is 2.87. The number of aromatic nitrogens is 3. The predicted octanol–water partition coefficient (Wildman–Crippen LogP) is 4.06. The Morgan fingerprint density at radius 1 is 0.941 bits per heavy atom. The van der Waals surface area contributed by atoms with E-state index in [1.165, 1.54) is 5.56 Å². The Labute approximate surface area is 199 Å². The fraction of sp³-hybridized carbons (Fsp3) is 0.259. The van der Waals surface area contributed by atoms with Crippen molar-refractivity contribution in [2.24, 2.45) is 5.92 Å². The Hall–Kier alpha value is -3.84. The molecule has 1 aliphatic rings. The molecular formula is C27H27N5O2. The molecule has 0 unspecified atom stereocenters. The number of carbonyl (C=O) groups is 1.